The fraction of sp³-hybridized carbons (Fsp3) is 0.136. The molecule has 0 spiro atoms. The highest BCUT2D eigenvalue weighted by molar-refractivity contribution is 5.92. The van der Waals surface area contributed by atoms with Crippen molar-refractivity contribution >= 4 is 17.3 Å². The van der Waals surface area contributed by atoms with Crippen LogP contribution in [0.25, 0.3) is 0 Å². The predicted octanol–water partition coefficient (Wildman–Crippen LogP) is 4.93. The maximum absolute atomic E-state index is 12.9. The summed E-state index contributed by atoms with van der Waals surface area (Å²) >= 11 is 0. The Hall–Kier alpha value is -3.14. The number of halogens is 1. The number of benzene rings is 3. The number of aryl methyl sites for hydroxylation is 1. The van der Waals surface area contributed by atoms with Crippen LogP contribution >= 0.6 is 0 Å². The molecule has 3 aromatic carbocycles. The minimum Gasteiger partial charge on any atom is -0.381 e. The Labute approximate surface area is 152 Å². The smallest absolute Gasteiger partial charge is 0.228 e. The van der Waals surface area contributed by atoms with Crippen LogP contribution in [-0.2, 0) is 17.8 Å². The highest BCUT2D eigenvalue weighted by Gasteiger charge is 2.04. The van der Waals surface area contributed by atoms with E-state index in [0.29, 0.717) is 13.0 Å². The van der Waals surface area contributed by atoms with Gasteiger partial charge in [-0.3, -0.25) is 4.79 Å². The molecule has 0 fully saturated rings. The van der Waals surface area contributed by atoms with Gasteiger partial charge >= 0.3 is 0 Å². The molecule has 0 unspecified atom stereocenters. The number of nitrogens with one attached hydrogen (secondary N) is 2. The minimum absolute atomic E-state index is 0.0392. The van der Waals surface area contributed by atoms with Crippen molar-refractivity contribution in [3.05, 3.63) is 95.3 Å². The summed E-state index contributed by atoms with van der Waals surface area (Å²) in [4.78, 5) is 12.2. The predicted molar refractivity (Wildman–Crippen MR) is 104 cm³/mol. The van der Waals surface area contributed by atoms with Gasteiger partial charge in [-0.1, -0.05) is 42.0 Å². The lowest BCUT2D eigenvalue weighted by Crippen LogP contribution is -2.14. The molecular formula is C22H21FN2O. The zero-order valence-corrected chi connectivity index (χ0v) is 14.6. The van der Waals surface area contributed by atoms with Crippen LogP contribution in [0.4, 0.5) is 15.8 Å². The van der Waals surface area contributed by atoms with Crippen LogP contribution in [0.2, 0.25) is 0 Å². The third-order valence-corrected chi connectivity index (χ3v) is 4.03. The molecule has 132 valence electrons. The molecule has 0 heterocycles. The van der Waals surface area contributed by atoms with Gasteiger partial charge in [0.2, 0.25) is 5.91 Å². The Morgan fingerprint density at radius 1 is 0.885 bits per heavy atom. The van der Waals surface area contributed by atoms with E-state index >= 15 is 0 Å². The zero-order valence-electron chi connectivity index (χ0n) is 14.6. The molecule has 3 nitrogen and oxygen atoms in total. The number of hydrogen-bond acceptors (Lipinski definition) is 2. The third kappa shape index (κ3) is 5.18. The molecule has 26 heavy (non-hydrogen) atoms. The van der Waals surface area contributed by atoms with E-state index < -0.39 is 0 Å². The first-order valence-corrected chi connectivity index (χ1v) is 8.52. The molecule has 3 aromatic rings. The Morgan fingerprint density at radius 2 is 1.58 bits per heavy atom. The Kier molecular flexibility index (Phi) is 5.64. The maximum Gasteiger partial charge on any atom is 0.228 e. The summed E-state index contributed by atoms with van der Waals surface area (Å²) in [5.74, 6) is -0.276. The maximum atomic E-state index is 12.9. The molecule has 1 amide bonds. The van der Waals surface area contributed by atoms with E-state index in [2.05, 4.69) is 10.6 Å². The lowest BCUT2D eigenvalue weighted by Gasteiger charge is -2.09. The summed E-state index contributed by atoms with van der Waals surface area (Å²) < 4.78 is 12.9. The van der Waals surface area contributed by atoms with Gasteiger partial charge in [0.05, 0.1) is 6.42 Å². The molecule has 2 N–H and O–H groups in total. The standard InChI is InChI=1S/C22H21FN2O/c1-16-3-2-4-18(13-16)14-22(26)25-21-11-9-20(10-12-21)24-15-17-5-7-19(23)8-6-17/h2-13,24H,14-15H2,1H3,(H,25,26). The molecule has 0 aromatic heterocycles. The van der Waals surface area contributed by atoms with Crippen molar-refractivity contribution in [1.29, 1.82) is 0 Å². The van der Waals surface area contributed by atoms with Crippen molar-refractivity contribution in [3.8, 4) is 0 Å². The van der Waals surface area contributed by atoms with Gasteiger partial charge < -0.3 is 10.6 Å². The molecular weight excluding hydrogens is 327 g/mol. The monoisotopic (exact) mass is 348 g/mol. The van der Waals surface area contributed by atoms with Crippen molar-refractivity contribution in [3.63, 3.8) is 0 Å². The number of carbonyl (C=O) groups is 1. The Balaban J connectivity index is 1.52. The molecule has 0 aliphatic rings. The number of carbonyl (C=O) groups excluding carboxylic acids is 1. The Morgan fingerprint density at radius 3 is 2.27 bits per heavy atom. The topological polar surface area (TPSA) is 41.1 Å². The van der Waals surface area contributed by atoms with E-state index in [1.54, 1.807) is 12.1 Å². The van der Waals surface area contributed by atoms with Crippen molar-refractivity contribution in [2.45, 2.75) is 19.9 Å². The normalized spacial score (nSPS) is 10.4. The van der Waals surface area contributed by atoms with Crippen LogP contribution in [0.3, 0.4) is 0 Å². The van der Waals surface area contributed by atoms with Gasteiger partial charge in [-0.05, 0) is 54.4 Å². The lowest BCUT2D eigenvalue weighted by atomic mass is 10.1. The summed E-state index contributed by atoms with van der Waals surface area (Å²) in [6, 6.07) is 21.9. The van der Waals surface area contributed by atoms with Gasteiger partial charge in [0, 0.05) is 17.9 Å². The molecule has 0 radical (unpaired) electrons. The molecule has 0 saturated heterocycles. The SMILES string of the molecule is Cc1cccc(CC(=O)Nc2ccc(NCc3ccc(F)cc3)cc2)c1. The van der Waals surface area contributed by atoms with E-state index in [4.69, 9.17) is 0 Å². The number of anilines is 2. The lowest BCUT2D eigenvalue weighted by molar-refractivity contribution is -0.115. The largest absolute Gasteiger partial charge is 0.381 e. The van der Waals surface area contributed by atoms with Crippen LogP contribution in [0.15, 0.2) is 72.8 Å². The van der Waals surface area contributed by atoms with Gasteiger partial charge in [-0.25, -0.2) is 4.39 Å². The number of amides is 1. The van der Waals surface area contributed by atoms with E-state index in [0.717, 1.165) is 28.1 Å². The van der Waals surface area contributed by atoms with Gasteiger partial charge in [0.15, 0.2) is 0 Å². The summed E-state index contributed by atoms with van der Waals surface area (Å²) in [5.41, 5.74) is 4.84. The first kappa shape index (κ1) is 17.7. The fourth-order valence-corrected chi connectivity index (χ4v) is 2.69. The van der Waals surface area contributed by atoms with Gasteiger partial charge in [-0.2, -0.15) is 0 Å². The second-order valence-electron chi connectivity index (χ2n) is 6.27. The summed E-state index contributed by atoms with van der Waals surface area (Å²) in [6.07, 6.45) is 0.353. The average molecular weight is 348 g/mol. The van der Waals surface area contributed by atoms with Crippen molar-refractivity contribution in [2.75, 3.05) is 10.6 Å². The second kappa shape index (κ2) is 8.30. The molecule has 0 saturated carbocycles. The van der Waals surface area contributed by atoms with Crippen LogP contribution in [0, 0.1) is 12.7 Å². The first-order valence-electron chi connectivity index (χ1n) is 8.52. The number of hydrogen-bond donors (Lipinski definition) is 2. The molecule has 0 aliphatic carbocycles. The van der Waals surface area contributed by atoms with Crippen molar-refractivity contribution < 1.29 is 9.18 Å². The third-order valence-electron chi connectivity index (χ3n) is 4.03. The molecule has 4 heteroatoms. The summed E-state index contributed by atoms with van der Waals surface area (Å²) in [5, 5.41) is 6.18. The minimum atomic E-state index is -0.237. The highest BCUT2D eigenvalue weighted by Crippen LogP contribution is 2.15. The van der Waals surface area contributed by atoms with Crippen molar-refractivity contribution in [1.82, 2.24) is 0 Å². The summed E-state index contributed by atoms with van der Waals surface area (Å²) in [6.45, 7) is 2.62. The van der Waals surface area contributed by atoms with E-state index in [9.17, 15) is 9.18 Å². The van der Waals surface area contributed by atoms with E-state index in [-0.39, 0.29) is 11.7 Å². The molecule has 3 rings (SSSR count). The molecule has 0 aliphatic heterocycles. The fourth-order valence-electron chi connectivity index (χ4n) is 2.69. The quantitative estimate of drug-likeness (QED) is 0.663. The van der Waals surface area contributed by atoms with Crippen molar-refractivity contribution in [2.24, 2.45) is 0 Å². The van der Waals surface area contributed by atoms with Gasteiger partial charge in [-0.15, -0.1) is 0 Å². The second-order valence-corrected chi connectivity index (χ2v) is 6.27. The van der Waals surface area contributed by atoms with Crippen LogP contribution in [0.1, 0.15) is 16.7 Å². The molecule has 0 atom stereocenters. The average Bonchev–Trinajstić information content (AvgIpc) is 2.62. The highest BCUT2D eigenvalue weighted by atomic mass is 19.1. The summed E-state index contributed by atoms with van der Waals surface area (Å²) in [7, 11) is 0. The van der Waals surface area contributed by atoms with E-state index in [1.807, 2.05) is 55.5 Å². The Bertz CT molecular complexity index is 873. The zero-order chi connectivity index (χ0) is 18.4. The van der Waals surface area contributed by atoms with Crippen LogP contribution < -0.4 is 10.6 Å². The van der Waals surface area contributed by atoms with Crippen LogP contribution in [-0.4, -0.2) is 5.91 Å². The van der Waals surface area contributed by atoms with Crippen LogP contribution in [0.5, 0.6) is 0 Å². The van der Waals surface area contributed by atoms with E-state index in [1.165, 1.54) is 12.1 Å². The van der Waals surface area contributed by atoms with Gasteiger partial charge in [0.25, 0.3) is 0 Å². The van der Waals surface area contributed by atoms with Gasteiger partial charge in [0.1, 0.15) is 5.82 Å². The molecule has 0 bridgehead atoms. The number of rotatable bonds is 6. The first-order chi connectivity index (χ1) is 12.6.